The Labute approximate surface area is 214 Å². The molecule has 0 radical (unpaired) electrons. The minimum absolute atomic E-state index is 0.0255. The molecule has 1 amide bonds. The number of hydrogen-bond donors (Lipinski definition) is 2. The third-order valence-electron chi connectivity index (χ3n) is 7.51. The third-order valence-corrected chi connectivity index (χ3v) is 7.51. The van der Waals surface area contributed by atoms with Crippen molar-refractivity contribution in [1.29, 1.82) is 5.26 Å². The van der Waals surface area contributed by atoms with Crippen LogP contribution >= 0.6 is 0 Å². The van der Waals surface area contributed by atoms with E-state index in [2.05, 4.69) is 42.7 Å². The molecule has 3 aromatic rings. The molecule has 5 heterocycles. The van der Waals surface area contributed by atoms with Crippen molar-refractivity contribution in [2.24, 2.45) is 0 Å². The number of hydrogen-bond acceptors (Lipinski definition) is 9. The lowest BCUT2D eigenvalue weighted by Gasteiger charge is -2.34. The molecule has 192 valence electrons. The molecular weight excluding hydrogens is 472 g/mol. The number of pyridine rings is 1. The zero-order valence-corrected chi connectivity index (χ0v) is 20.8. The highest BCUT2D eigenvalue weighted by Crippen LogP contribution is 2.35. The molecule has 0 aromatic carbocycles. The molecule has 2 atom stereocenters. The Morgan fingerprint density at radius 2 is 1.97 bits per heavy atom. The van der Waals surface area contributed by atoms with Crippen LogP contribution in [0.15, 0.2) is 30.7 Å². The van der Waals surface area contributed by atoms with E-state index in [1.807, 2.05) is 6.20 Å². The fourth-order valence-electron chi connectivity index (χ4n) is 5.61. The SMILES string of the molecule is CNC(=O)c1ccnc(NC2CCC(Oc3cc(N4CC5CCC(C4)O5)cn4ncc(C#N)c34)CC2)n1. The van der Waals surface area contributed by atoms with Gasteiger partial charge in [-0.3, -0.25) is 4.79 Å². The highest BCUT2D eigenvalue weighted by molar-refractivity contribution is 5.92. The van der Waals surface area contributed by atoms with Crippen LogP contribution in [0.2, 0.25) is 0 Å². The van der Waals surface area contributed by atoms with E-state index in [0.717, 1.165) is 57.3 Å². The van der Waals surface area contributed by atoms with E-state index in [-0.39, 0.29) is 30.3 Å². The molecular formula is C26H30N8O3. The van der Waals surface area contributed by atoms with Crippen LogP contribution in [0.1, 0.15) is 54.6 Å². The van der Waals surface area contributed by atoms with Gasteiger partial charge in [0.15, 0.2) is 0 Å². The molecule has 11 nitrogen and oxygen atoms in total. The van der Waals surface area contributed by atoms with Crippen LogP contribution in [0.3, 0.4) is 0 Å². The van der Waals surface area contributed by atoms with Gasteiger partial charge in [-0.05, 0) is 44.6 Å². The summed E-state index contributed by atoms with van der Waals surface area (Å²) >= 11 is 0. The number of amides is 1. The highest BCUT2D eigenvalue weighted by atomic mass is 16.5. The average Bonchev–Trinajstić information content (AvgIpc) is 3.51. The Morgan fingerprint density at radius 1 is 1.19 bits per heavy atom. The van der Waals surface area contributed by atoms with Crippen LogP contribution in [0.4, 0.5) is 11.6 Å². The second kappa shape index (κ2) is 9.86. The van der Waals surface area contributed by atoms with Gasteiger partial charge >= 0.3 is 0 Å². The highest BCUT2D eigenvalue weighted by Gasteiger charge is 2.34. The molecule has 2 saturated heterocycles. The van der Waals surface area contributed by atoms with Crippen LogP contribution in [-0.2, 0) is 4.74 Å². The standard InChI is InChI=1S/C26H30N8O3/c1-28-25(35)22-8-9-29-26(32-22)31-17-2-4-19(5-3-17)37-23-10-18(13-34-24(23)16(11-27)12-30-34)33-14-20-6-7-21(15-33)36-20/h8-10,12-13,17,19-21H,2-7,14-15H2,1H3,(H,28,35)(H,29,31,32). The largest absolute Gasteiger partial charge is 0.488 e. The number of anilines is 2. The number of carbonyl (C=O) groups is 1. The van der Waals surface area contributed by atoms with Crippen molar-refractivity contribution in [2.75, 3.05) is 30.4 Å². The predicted octanol–water partition coefficient (Wildman–Crippen LogP) is 2.53. The van der Waals surface area contributed by atoms with Gasteiger partial charge in [-0.15, -0.1) is 0 Å². The van der Waals surface area contributed by atoms with E-state index in [9.17, 15) is 10.1 Å². The number of carbonyl (C=O) groups excluding carboxylic acids is 1. The first kappa shape index (κ1) is 23.5. The average molecular weight is 503 g/mol. The monoisotopic (exact) mass is 502 g/mol. The Morgan fingerprint density at radius 3 is 2.70 bits per heavy atom. The molecule has 3 aliphatic rings. The minimum atomic E-state index is -0.238. The van der Waals surface area contributed by atoms with Gasteiger partial charge in [0.2, 0.25) is 5.95 Å². The zero-order chi connectivity index (χ0) is 25.4. The first-order valence-electron chi connectivity index (χ1n) is 12.9. The molecule has 3 aromatic heterocycles. The Kier molecular flexibility index (Phi) is 6.26. The summed E-state index contributed by atoms with van der Waals surface area (Å²) in [6.07, 6.45) is 11.4. The molecule has 2 aliphatic heterocycles. The summed E-state index contributed by atoms with van der Waals surface area (Å²) in [5.41, 5.74) is 2.59. The topological polar surface area (TPSA) is 130 Å². The van der Waals surface area contributed by atoms with Crippen molar-refractivity contribution >= 4 is 23.1 Å². The molecule has 37 heavy (non-hydrogen) atoms. The van der Waals surface area contributed by atoms with Crippen molar-refractivity contribution in [2.45, 2.75) is 62.9 Å². The maximum absolute atomic E-state index is 11.9. The number of rotatable bonds is 6. The Bertz CT molecular complexity index is 1330. The lowest BCUT2D eigenvalue weighted by Crippen LogP contribution is -2.42. The number of fused-ring (bicyclic) bond motifs is 3. The first-order valence-corrected chi connectivity index (χ1v) is 12.9. The van der Waals surface area contributed by atoms with Crippen molar-refractivity contribution in [1.82, 2.24) is 24.9 Å². The van der Waals surface area contributed by atoms with E-state index in [0.29, 0.717) is 28.5 Å². The normalized spacial score (nSPS) is 25.0. The molecule has 0 spiro atoms. The Balaban J connectivity index is 1.16. The third kappa shape index (κ3) is 4.76. The van der Waals surface area contributed by atoms with E-state index >= 15 is 0 Å². The minimum Gasteiger partial charge on any atom is -0.488 e. The molecule has 1 aliphatic carbocycles. The number of nitrogens with zero attached hydrogens (tertiary/aromatic N) is 6. The van der Waals surface area contributed by atoms with E-state index in [1.54, 1.807) is 30.0 Å². The molecule has 2 bridgehead atoms. The molecule has 2 unspecified atom stereocenters. The molecule has 1 saturated carbocycles. The van der Waals surface area contributed by atoms with Gasteiger partial charge in [-0.2, -0.15) is 10.4 Å². The smallest absolute Gasteiger partial charge is 0.269 e. The summed E-state index contributed by atoms with van der Waals surface area (Å²) in [6.45, 7) is 1.71. The lowest BCUT2D eigenvalue weighted by molar-refractivity contribution is 0.0304. The van der Waals surface area contributed by atoms with E-state index in [1.165, 1.54) is 0 Å². The van der Waals surface area contributed by atoms with Crippen LogP contribution < -0.4 is 20.3 Å². The summed E-state index contributed by atoms with van der Waals surface area (Å²) in [5, 5.41) is 20.0. The second-order valence-electron chi connectivity index (χ2n) is 9.97. The second-order valence-corrected chi connectivity index (χ2v) is 9.97. The summed E-state index contributed by atoms with van der Waals surface area (Å²) in [6, 6.07) is 6.10. The summed E-state index contributed by atoms with van der Waals surface area (Å²) in [4.78, 5) is 22.8. The molecule has 6 rings (SSSR count). The fraction of sp³-hybridized carbons (Fsp3) is 0.500. The fourth-order valence-corrected chi connectivity index (χ4v) is 5.61. The molecule has 2 N–H and O–H groups in total. The van der Waals surface area contributed by atoms with Gasteiger partial charge in [-0.1, -0.05) is 0 Å². The summed E-state index contributed by atoms with van der Waals surface area (Å²) in [5.74, 6) is 0.915. The molecule has 3 fully saturated rings. The predicted molar refractivity (Wildman–Crippen MR) is 136 cm³/mol. The van der Waals surface area contributed by atoms with Crippen molar-refractivity contribution < 1.29 is 14.3 Å². The molecule has 11 heteroatoms. The number of aromatic nitrogens is 4. The lowest BCUT2D eigenvalue weighted by atomic mass is 9.93. The van der Waals surface area contributed by atoms with E-state index in [4.69, 9.17) is 9.47 Å². The number of nitriles is 1. The summed E-state index contributed by atoms with van der Waals surface area (Å²) in [7, 11) is 1.58. The maximum Gasteiger partial charge on any atom is 0.269 e. The van der Waals surface area contributed by atoms with Crippen LogP contribution in [-0.4, -0.2) is 70.0 Å². The van der Waals surface area contributed by atoms with Gasteiger partial charge in [-0.25, -0.2) is 14.5 Å². The van der Waals surface area contributed by atoms with Gasteiger partial charge in [0, 0.05) is 38.4 Å². The quantitative estimate of drug-likeness (QED) is 0.522. The van der Waals surface area contributed by atoms with Gasteiger partial charge in [0.25, 0.3) is 5.91 Å². The summed E-state index contributed by atoms with van der Waals surface area (Å²) < 4.78 is 14.3. The zero-order valence-electron chi connectivity index (χ0n) is 20.8. The van der Waals surface area contributed by atoms with Gasteiger partial charge in [0.05, 0.1) is 36.4 Å². The van der Waals surface area contributed by atoms with Crippen molar-refractivity contribution in [3.05, 3.63) is 42.0 Å². The van der Waals surface area contributed by atoms with Crippen LogP contribution in [0.5, 0.6) is 5.75 Å². The first-order chi connectivity index (χ1) is 18.1. The van der Waals surface area contributed by atoms with Gasteiger partial charge < -0.3 is 25.0 Å². The van der Waals surface area contributed by atoms with Crippen molar-refractivity contribution in [3.8, 4) is 11.8 Å². The Hall–Kier alpha value is -3.91. The number of ether oxygens (including phenoxy) is 2. The number of nitrogens with one attached hydrogen (secondary N) is 2. The van der Waals surface area contributed by atoms with Gasteiger partial charge in [0.1, 0.15) is 28.6 Å². The van der Waals surface area contributed by atoms with Crippen molar-refractivity contribution in [3.63, 3.8) is 0 Å². The maximum atomic E-state index is 11.9. The van der Waals surface area contributed by atoms with E-state index < -0.39 is 0 Å². The number of morpholine rings is 1. The van der Waals surface area contributed by atoms with Crippen LogP contribution in [0.25, 0.3) is 5.52 Å². The van der Waals surface area contributed by atoms with Crippen LogP contribution in [0, 0.1) is 11.3 Å².